The van der Waals surface area contributed by atoms with Crippen LogP contribution >= 0.6 is 0 Å². The predicted octanol–water partition coefficient (Wildman–Crippen LogP) is 0.653. The first kappa shape index (κ1) is 18.0. The molecule has 0 fully saturated rings. The topological polar surface area (TPSA) is 100 Å². The second-order valence-electron chi connectivity index (χ2n) is 5.10. The SMILES string of the molecule is Cc1cccc(OCC(=O)N/N=C\c2ccccc2OCC(=O)[O-])c1. The van der Waals surface area contributed by atoms with Crippen molar-refractivity contribution in [2.45, 2.75) is 6.92 Å². The Bertz CT molecular complexity index is 774. The third-order valence-electron chi connectivity index (χ3n) is 3.02. The highest BCUT2D eigenvalue weighted by Crippen LogP contribution is 2.15. The molecule has 0 unspecified atom stereocenters. The molecule has 2 aromatic rings. The summed E-state index contributed by atoms with van der Waals surface area (Å²) in [5.74, 6) is -0.833. The number of amides is 1. The zero-order chi connectivity index (χ0) is 18.1. The number of hydrogen-bond donors (Lipinski definition) is 1. The maximum atomic E-state index is 11.7. The molecule has 7 nitrogen and oxygen atoms in total. The Labute approximate surface area is 144 Å². The van der Waals surface area contributed by atoms with Gasteiger partial charge in [-0.3, -0.25) is 4.79 Å². The standard InChI is InChI=1S/C18H18N2O5/c1-13-5-4-7-15(9-13)24-11-17(21)20-19-10-14-6-2-3-8-16(14)25-12-18(22)23/h2-10H,11-12H2,1H3,(H,20,21)(H,22,23)/p-1/b19-10-. The molecule has 0 bridgehead atoms. The summed E-state index contributed by atoms with van der Waals surface area (Å²) in [6, 6.07) is 14.0. The number of ether oxygens (including phenoxy) is 2. The van der Waals surface area contributed by atoms with Gasteiger partial charge in [-0.25, -0.2) is 5.43 Å². The molecule has 7 heteroatoms. The van der Waals surface area contributed by atoms with Crippen LogP contribution in [-0.2, 0) is 9.59 Å². The molecule has 0 radical (unpaired) electrons. The van der Waals surface area contributed by atoms with Crippen LogP contribution in [0.5, 0.6) is 11.5 Å². The minimum absolute atomic E-state index is 0.177. The van der Waals surface area contributed by atoms with Crippen LogP contribution in [0, 0.1) is 6.92 Å². The molecular weight excluding hydrogens is 324 g/mol. The number of benzene rings is 2. The zero-order valence-electron chi connectivity index (χ0n) is 13.6. The quantitative estimate of drug-likeness (QED) is 0.561. The minimum Gasteiger partial charge on any atom is -0.546 e. The van der Waals surface area contributed by atoms with E-state index in [1.807, 2.05) is 25.1 Å². The Morgan fingerprint density at radius 3 is 2.68 bits per heavy atom. The van der Waals surface area contributed by atoms with E-state index in [0.29, 0.717) is 17.1 Å². The number of carbonyl (C=O) groups excluding carboxylic acids is 2. The van der Waals surface area contributed by atoms with Gasteiger partial charge >= 0.3 is 0 Å². The molecule has 2 rings (SSSR count). The van der Waals surface area contributed by atoms with Crippen molar-refractivity contribution in [3.63, 3.8) is 0 Å². The highest BCUT2D eigenvalue weighted by atomic mass is 16.5. The molecule has 25 heavy (non-hydrogen) atoms. The average molecular weight is 341 g/mol. The van der Waals surface area contributed by atoms with Gasteiger partial charge in [-0.15, -0.1) is 0 Å². The summed E-state index contributed by atoms with van der Waals surface area (Å²) in [6.45, 7) is 1.18. The first-order valence-electron chi connectivity index (χ1n) is 7.47. The van der Waals surface area contributed by atoms with E-state index in [0.717, 1.165) is 5.56 Å². The van der Waals surface area contributed by atoms with Crippen molar-refractivity contribution >= 4 is 18.1 Å². The Morgan fingerprint density at radius 1 is 1.12 bits per heavy atom. The normalized spacial score (nSPS) is 10.4. The van der Waals surface area contributed by atoms with E-state index in [2.05, 4.69) is 10.5 Å². The number of hydrogen-bond acceptors (Lipinski definition) is 6. The summed E-state index contributed by atoms with van der Waals surface area (Å²) in [7, 11) is 0. The minimum atomic E-state index is -1.33. The fourth-order valence-electron chi connectivity index (χ4n) is 1.92. The highest BCUT2D eigenvalue weighted by Gasteiger charge is 2.03. The molecule has 0 heterocycles. The Morgan fingerprint density at radius 2 is 1.92 bits per heavy atom. The van der Waals surface area contributed by atoms with Crippen molar-refractivity contribution in [3.8, 4) is 11.5 Å². The Balaban J connectivity index is 1.86. The lowest BCUT2D eigenvalue weighted by Gasteiger charge is -2.09. The van der Waals surface area contributed by atoms with Crippen LogP contribution in [0.4, 0.5) is 0 Å². The largest absolute Gasteiger partial charge is 0.546 e. The molecule has 0 aliphatic heterocycles. The maximum Gasteiger partial charge on any atom is 0.277 e. The number of carbonyl (C=O) groups is 2. The molecule has 0 spiro atoms. The van der Waals surface area contributed by atoms with Crippen LogP contribution in [0.15, 0.2) is 53.6 Å². The molecule has 130 valence electrons. The first-order chi connectivity index (χ1) is 12.0. The van der Waals surface area contributed by atoms with Gasteiger partial charge in [0.2, 0.25) is 0 Å². The van der Waals surface area contributed by atoms with Crippen molar-refractivity contribution in [3.05, 3.63) is 59.7 Å². The van der Waals surface area contributed by atoms with Crippen LogP contribution in [0.2, 0.25) is 0 Å². The van der Waals surface area contributed by atoms with E-state index in [1.165, 1.54) is 6.21 Å². The summed E-state index contributed by atoms with van der Waals surface area (Å²) in [5.41, 5.74) is 3.88. The number of carboxylic acid groups (broad SMARTS) is 1. The summed E-state index contributed by atoms with van der Waals surface area (Å²) >= 11 is 0. The highest BCUT2D eigenvalue weighted by molar-refractivity contribution is 5.85. The van der Waals surface area contributed by atoms with E-state index in [9.17, 15) is 14.7 Å². The number of aryl methyl sites for hydroxylation is 1. The molecule has 0 saturated carbocycles. The fraction of sp³-hybridized carbons (Fsp3) is 0.167. The van der Waals surface area contributed by atoms with Gasteiger partial charge in [-0.2, -0.15) is 5.10 Å². The molecular formula is C18H17N2O5-. The average Bonchev–Trinajstić information content (AvgIpc) is 2.59. The second kappa shape index (κ2) is 9.07. The number of nitrogens with one attached hydrogen (secondary N) is 1. The molecule has 1 amide bonds. The van der Waals surface area contributed by atoms with Crippen molar-refractivity contribution < 1.29 is 24.2 Å². The van der Waals surface area contributed by atoms with Crippen molar-refractivity contribution in [2.24, 2.45) is 5.10 Å². The summed E-state index contributed by atoms with van der Waals surface area (Å²) in [6.07, 6.45) is 1.36. The fourth-order valence-corrected chi connectivity index (χ4v) is 1.92. The van der Waals surface area contributed by atoms with Gasteiger partial charge in [0, 0.05) is 5.56 Å². The van der Waals surface area contributed by atoms with Crippen molar-refractivity contribution in [2.75, 3.05) is 13.2 Å². The summed E-state index contributed by atoms with van der Waals surface area (Å²) in [4.78, 5) is 22.2. The lowest BCUT2D eigenvalue weighted by Crippen LogP contribution is -2.29. The predicted molar refractivity (Wildman–Crippen MR) is 89.4 cm³/mol. The van der Waals surface area contributed by atoms with E-state index >= 15 is 0 Å². The Kier molecular flexibility index (Phi) is 6.53. The number of aliphatic carboxylic acids is 1. The third kappa shape index (κ3) is 6.34. The Hall–Kier alpha value is -3.35. The molecule has 0 aliphatic rings. The van der Waals surface area contributed by atoms with Crippen LogP contribution < -0.4 is 20.0 Å². The van der Waals surface area contributed by atoms with Crippen LogP contribution in [0.1, 0.15) is 11.1 Å². The summed E-state index contributed by atoms with van der Waals surface area (Å²) in [5, 5.41) is 14.3. The van der Waals surface area contributed by atoms with E-state index in [1.54, 1.807) is 30.3 Å². The molecule has 0 saturated heterocycles. The number of nitrogens with zero attached hydrogens (tertiary/aromatic N) is 1. The molecule has 0 atom stereocenters. The van der Waals surface area contributed by atoms with Gasteiger partial charge in [0.1, 0.15) is 18.1 Å². The van der Waals surface area contributed by atoms with Crippen molar-refractivity contribution in [1.82, 2.24) is 5.43 Å². The molecule has 0 aromatic heterocycles. The van der Waals surface area contributed by atoms with E-state index in [4.69, 9.17) is 9.47 Å². The van der Waals surface area contributed by atoms with Gasteiger partial charge in [0.15, 0.2) is 6.61 Å². The molecule has 1 N–H and O–H groups in total. The first-order valence-corrected chi connectivity index (χ1v) is 7.47. The number of para-hydroxylation sites is 1. The van der Waals surface area contributed by atoms with Gasteiger partial charge in [0.05, 0.1) is 12.2 Å². The van der Waals surface area contributed by atoms with E-state index < -0.39 is 18.5 Å². The van der Waals surface area contributed by atoms with Gasteiger partial charge in [-0.05, 0) is 36.8 Å². The second-order valence-corrected chi connectivity index (χ2v) is 5.10. The lowest BCUT2D eigenvalue weighted by atomic mass is 10.2. The van der Waals surface area contributed by atoms with Gasteiger partial charge in [-0.1, -0.05) is 24.3 Å². The smallest absolute Gasteiger partial charge is 0.277 e. The number of hydrazone groups is 1. The monoisotopic (exact) mass is 341 g/mol. The zero-order valence-corrected chi connectivity index (χ0v) is 13.6. The summed E-state index contributed by atoms with van der Waals surface area (Å²) < 4.78 is 10.4. The molecule has 0 aliphatic carbocycles. The van der Waals surface area contributed by atoms with Crippen LogP contribution in [0.25, 0.3) is 0 Å². The van der Waals surface area contributed by atoms with Crippen molar-refractivity contribution in [1.29, 1.82) is 0 Å². The lowest BCUT2D eigenvalue weighted by molar-refractivity contribution is -0.307. The maximum absolute atomic E-state index is 11.7. The van der Waals surface area contributed by atoms with Gasteiger partial charge < -0.3 is 19.4 Å². The third-order valence-corrected chi connectivity index (χ3v) is 3.02. The van der Waals surface area contributed by atoms with Crippen LogP contribution in [0.3, 0.4) is 0 Å². The number of carboxylic acids is 1. The molecule has 2 aromatic carbocycles. The van der Waals surface area contributed by atoms with Gasteiger partial charge in [0.25, 0.3) is 5.91 Å². The van der Waals surface area contributed by atoms with E-state index in [-0.39, 0.29) is 6.61 Å². The number of rotatable bonds is 8. The van der Waals surface area contributed by atoms with Crippen LogP contribution in [-0.4, -0.2) is 31.3 Å².